The maximum Gasteiger partial charge on any atom is 0.232 e. The Hall–Kier alpha value is -2.88. The van der Waals surface area contributed by atoms with Gasteiger partial charge in [0.2, 0.25) is 17.5 Å². The van der Waals surface area contributed by atoms with Gasteiger partial charge in [0.05, 0.1) is 11.6 Å². The highest BCUT2D eigenvalue weighted by Crippen LogP contribution is 2.29. The van der Waals surface area contributed by atoms with Crippen molar-refractivity contribution in [3.63, 3.8) is 0 Å². The van der Waals surface area contributed by atoms with Gasteiger partial charge >= 0.3 is 0 Å². The van der Waals surface area contributed by atoms with Gasteiger partial charge in [-0.3, -0.25) is 9.88 Å². The summed E-state index contributed by atoms with van der Waals surface area (Å²) in [5.41, 5.74) is 2.17. The van der Waals surface area contributed by atoms with Gasteiger partial charge in [-0.1, -0.05) is 30.2 Å². The molecule has 3 aromatic rings. The average molecular weight is 408 g/mol. The number of aromatic nitrogens is 2. The first kappa shape index (κ1) is 19.4. The molecule has 0 bridgehead atoms. The number of hydrogen-bond acceptors (Lipinski definition) is 6. The third-order valence-electron chi connectivity index (χ3n) is 5.18. The lowest BCUT2D eigenvalue weighted by molar-refractivity contribution is 0.170. The van der Waals surface area contributed by atoms with Crippen molar-refractivity contribution in [1.82, 2.24) is 14.9 Å². The molecule has 0 amide bonds. The van der Waals surface area contributed by atoms with Crippen LogP contribution >= 0.6 is 11.6 Å². The number of hydrogen-bond donors (Lipinski definition) is 1. The van der Waals surface area contributed by atoms with Crippen molar-refractivity contribution in [2.45, 2.75) is 25.3 Å². The quantitative estimate of drug-likeness (QED) is 0.626. The van der Waals surface area contributed by atoms with Gasteiger partial charge in [-0.25, -0.2) is 0 Å². The number of likely N-dealkylation sites (tertiary alicyclic amines) is 1. The summed E-state index contributed by atoms with van der Waals surface area (Å²) in [6, 6.07) is 13.9. The normalized spacial score (nSPS) is 15.6. The molecule has 1 aromatic carbocycles. The SMILES string of the molecule is N#Cc1nc(-c2cccnc2)oc1NC[C@@H](c1ccc(Cl)cc1)N1CCCCC1. The van der Waals surface area contributed by atoms with Gasteiger partial charge in [-0.2, -0.15) is 10.2 Å². The zero-order valence-corrected chi connectivity index (χ0v) is 16.8. The van der Waals surface area contributed by atoms with Crippen LogP contribution in [-0.4, -0.2) is 34.5 Å². The molecule has 6 nitrogen and oxygen atoms in total. The fraction of sp³-hybridized carbons (Fsp3) is 0.318. The van der Waals surface area contributed by atoms with Crippen LogP contribution in [0.3, 0.4) is 0 Å². The maximum atomic E-state index is 9.49. The molecule has 0 radical (unpaired) electrons. The van der Waals surface area contributed by atoms with E-state index in [-0.39, 0.29) is 11.7 Å². The number of piperidine rings is 1. The van der Waals surface area contributed by atoms with Gasteiger partial charge in [0.15, 0.2) is 0 Å². The van der Waals surface area contributed by atoms with Crippen molar-refractivity contribution >= 4 is 17.5 Å². The number of oxazole rings is 1. The third kappa shape index (κ3) is 4.58. The summed E-state index contributed by atoms with van der Waals surface area (Å²) in [4.78, 5) is 10.9. The van der Waals surface area contributed by atoms with Crippen LogP contribution < -0.4 is 5.32 Å². The fourth-order valence-electron chi connectivity index (χ4n) is 3.69. The first-order valence-corrected chi connectivity index (χ1v) is 10.2. The number of halogens is 1. The third-order valence-corrected chi connectivity index (χ3v) is 5.44. The van der Waals surface area contributed by atoms with Crippen molar-refractivity contribution < 1.29 is 4.42 Å². The summed E-state index contributed by atoms with van der Waals surface area (Å²) in [6.07, 6.45) is 7.02. The van der Waals surface area contributed by atoms with Crippen molar-refractivity contribution in [3.05, 3.63) is 65.1 Å². The summed E-state index contributed by atoms with van der Waals surface area (Å²) in [7, 11) is 0. The van der Waals surface area contributed by atoms with Gasteiger partial charge in [-0.15, -0.1) is 0 Å². The molecule has 1 fully saturated rings. The van der Waals surface area contributed by atoms with E-state index in [2.05, 4.69) is 38.4 Å². The lowest BCUT2D eigenvalue weighted by Crippen LogP contribution is -2.37. The van der Waals surface area contributed by atoms with Crippen LogP contribution in [0.25, 0.3) is 11.5 Å². The van der Waals surface area contributed by atoms with E-state index in [1.165, 1.54) is 24.8 Å². The number of pyridine rings is 1. The van der Waals surface area contributed by atoms with E-state index < -0.39 is 0 Å². The molecular formula is C22H22ClN5O. The first-order valence-electron chi connectivity index (χ1n) is 9.79. The number of nitriles is 1. The second kappa shape index (κ2) is 9.08. The number of nitrogens with one attached hydrogen (secondary N) is 1. The van der Waals surface area contributed by atoms with E-state index in [1.807, 2.05) is 24.3 Å². The topological polar surface area (TPSA) is 78.0 Å². The zero-order valence-electron chi connectivity index (χ0n) is 16.0. The molecule has 0 spiro atoms. The standard InChI is InChI=1S/C22H22ClN5O/c23-18-8-6-16(7-9-18)20(28-11-2-1-3-12-28)15-26-22-19(13-24)27-21(29-22)17-5-4-10-25-14-17/h4-10,14,20,26H,1-3,11-12,15H2/t20-/m0/s1. The molecule has 0 unspecified atom stereocenters. The minimum atomic E-state index is 0.158. The minimum Gasteiger partial charge on any atom is -0.419 e. The Bertz CT molecular complexity index is 975. The highest BCUT2D eigenvalue weighted by atomic mass is 35.5. The summed E-state index contributed by atoms with van der Waals surface area (Å²) < 4.78 is 5.86. The molecule has 1 aliphatic rings. The molecule has 3 heterocycles. The average Bonchev–Trinajstić information content (AvgIpc) is 3.20. The second-order valence-electron chi connectivity index (χ2n) is 7.10. The Balaban J connectivity index is 1.56. The Morgan fingerprint density at radius 3 is 2.66 bits per heavy atom. The first-order chi connectivity index (χ1) is 14.2. The van der Waals surface area contributed by atoms with E-state index in [1.54, 1.807) is 12.4 Å². The predicted octanol–water partition coefficient (Wildman–Crippen LogP) is 4.90. The molecule has 1 atom stereocenters. The van der Waals surface area contributed by atoms with Crippen LogP contribution in [0, 0.1) is 11.3 Å². The lowest BCUT2D eigenvalue weighted by Gasteiger charge is -2.35. The van der Waals surface area contributed by atoms with Gasteiger partial charge in [0.25, 0.3) is 0 Å². The molecule has 1 N–H and O–H groups in total. The van der Waals surface area contributed by atoms with Crippen LogP contribution in [-0.2, 0) is 0 Å². The van der Waals surface area contributed by atoms with E-state index in [0.29, 0.717) is 18.3 Å². The van der Waals surface area contributed by atoms with Crippen LogP contribution in [0.1, 0.15) is 36.6 Å². The minimum absolute atomic E-state index is 0.158. The fourth-order valence-corrected chi connectivity index (χ4v) is 3.82. The van der Waals surface area contributed by atoms with Crippen LogP contribution in [0.15, 0.2) is 53.2 Å². The highest BCUT2D eigenvalue weighted by molar-refractivity contribution is 6.30. The van der Waals surface area contributed by atoms with Crippen molar-refractivity contribution in [3.8, 4) is 17.5 Å². The van der Waals surface area contributed by atoms with E-state index in [0.717, 1.165) is 23.7 Å². The van der Waals surface area contributed by atoms with E-state index in [4.69, 9.17) is 16.0 Å². The second-order valence-corrected chi connectivity index (χ2v) is 7.53. The van der Waals surface area contributed by atoms with Gasteiger partial charge < -0.3 is 9.73 Å². The van der Waals surface area contributed by atoms with Crippen molar-refractivity contribution in [1.29, 1.82) is 5.26 Å². The Morgan fingerprint density at radius 1 is 1.17 bits per heavy atom. The summed E-state index contributed by atoms with van der Waals surface area (Å²) in [6.45, 7) is 2.72. The number of rotatable bonds is 6. The zero-order chi connectivity index (χ0) is 20.1. The number of anilines is 1. The Kier molecular flexibility index (Phi) is 6.09. The predicted molar refractivity (Wildman–Crippen MR) is 113 cm³/mol. The molecular weight excluding hydrogens is 386 g/mol. The van der Waals surface area contributed by atoms with Crippen LogP contribution in [0.4, 0.5) is 5.88 Å². The van der Waals surface area contributed by atoms with Crippen molar-refractivity contribution in [2.24, 2.45) is 0 Å². The van der Waals surface area contributed by atoms with E-state index in [9.17, 15) is 5.26 Å². The summed E-state index contributed by atoms with van der Waals surface area (Å²) in [5, 5.41) is 13.5. The molecule has 4 rings (SSSR count). The summed E-state index contributed by atoms with van der Waals surface area (Å²) >= 11 is 6.08. The summed E-state index contributed by atoms with van der Waals surface area (Å²) in [5.74, 6) is 0.778. The molecule has 1 aliphatic heterocycles. The van der Waals surface area contributed by atoms with E-state index >= 15 is 0 Å². The largest absolute Gasteiger partial charge is 0.419 e. The molecule has 1 saturated heterocycles. The molecule has 0 saturated carbocycles. The molecule has 2 aromatic heterocycles. The van der Waals surface area contributed by atoms with Crippen LogP contribution in [0.5, 0.6) is 0 Å². The monoisotopic (exact) mass is 407 g/mol. The van der Waals surface area contributed by atoms with Crippen molar-refractivity contribution in [2.75, 3.05) is 25.0 Å². The van der Waals surface area contributed by atoms with Gasteiger partial charge in [0.1, 0.15) is 6.07 Å². The highest BCUT2D eigenvalue weighted by Gasteiger charge is 2.24. The molecule has 29 heavy (non-hydrogen) atoms. The van der Waals surface area contributed by atoms with Gasteiger partial charge in [-0.05, 0) is 55.8 Å². The van der Waals surface area contributed by atoms with Gasteiger partial charge in [0, 0.05) is 24.0 Å². The molecule has 0 aliphatic carbocycles. The molecule has 148 valence electrons. The number of benzene rings is 1. The smallest absolute Gasteiger partial charge is 0.232 e. The number of nitrogens with zero attached hydrogens (tertiary/aromatic N) is 4. The Labute approximate surface area is 175 Å². The van der Waals surface area contributed by atoms with Crippen LogP contribution in [0.2, 0.25) is 5.02 Å². The molecule has 7 heteroatoms. The lowest BCUT2D eigenvalue weighted by atomic mass is 10.0. The Morgan fingerprint density at radius 2 is 1.97 bits per heavy atom. The maximum absolute atomic E-state index is 9.49.